The van der Waals surface area contributed by atoms with Gasteiger partial charge in [-0.25, -0.2) is 0 Å². The van der Waals surface area contributed by atoms with E-state index in [2.05, 4.69) is 37.3 Å². The van der Waals surface area contributed by atoms with Crippen LogP contribution in [0.4, 0.5) is 0 Å². The van der Waals surface area contributed by atoms with Crippen molar-refractivity contribution >= 4 is 27.7 Å². The van der Waals surface area contributed by atoms with Crippen LogP contribution in [0.15, 0.2) is 0 Å². The first kappa shape index (κ1) is 14.0. The minimum atomic E-state index is -0.500. The molecule has 0 aliphatic carbocycles. The van der Waals surface area contributed by atoms with Gasteiger partial charge in [-0.3, -0.25) is 9.59 Å². The molecule has 2 amide bonds. The second-order valence-corrected chi connectivity index (χ2v) is 3.81. The van der Waals surface area contributed by atoms with E-state index >= 15 is 0 Å². The third-order valence-electron chi connectivity index (χ3n) is 1.73. The van der Waals surface area contributed by atoms with Crippen LogP contribution in [0.2, 0.25) is 0 Å². The van der Waals surface area contributed by atoms with E-state index in [1.54, 1.807) is 0 Å². The van der Waals surface area contributed by atoms with E-state index in [-0.39, 0.29) is 24.3 Å². The number of nitrogens with one attached hydrogen (secondary N) is 2. The van der Waals surface area contributed by atoms with Gasteiger partial charge >= 0.3 is 0 Å². The minimum absolute atomic E-state index is 0.0471. The fraction of sp³-hybridized carbons (Fsp3) is 0.600. The smallest absolute Gasteiger partial charge is 0.243 e. The molecule has 0 unspecified atom stereocenters. The van der Waals surface area contributed by atoms with E-state index in [9.17, 15) is 9.59 Å². The average Bonchev–Trinajstić information content (AvgIpc) is 2.13. The summed E-state index contributed by atoms with van der Waals surface area (Å²) in [6, 6.07) is -0.500. The Bertz CT molecular complexity index is 292. The third kappa shape index (κ3) is 6.13. The summed E-state index contributed by atoms with van der Waals surface area (Å²) in [4.78, 5) is 24.9. The zero-order valence-corrected chi connectivity index (χ0v) is 10.6. The van der Waals surface area contributed by atoms with Crippen LogP contribution in [-0.2, 0) is 9.59 Å². The Hall–Kier alpha value is -1.02. The van der Waals surface area contributed by atoms with E-state index < -0.39 is 6.04 Å². The van der Waals surface area contributed by atoms with Gasteiger partial charge in [-0.05, 0) is 10.7 Å². The van der Waals surface area contributed by atoms with Crippen molar-refractivity contribution in [3.63, 3.8) is 0 Å². The molecule has 5 heteroatoms. The van der Waals surface area contributed by atoms with Crippen LogP contribution in [-0.4, -0.2) is 24.4 Å². The Kier molecular flexibility index (Phi) is 6.80. The first-order chi connectivity index (χ1) is 6.99. The summed E-state index contributed by atoms with van der Waals surface area (Å²) in [5.74, 6) is 2.27. The molecule has 84 valence electrons. The summed E-state index contributed by atoms with van der Waals surface area (Å²) in [6.07, 6.45) is 0. The van der Waals surface area contributed by atoms with Crippen LogP contribution in [0.5, 0.6) is 0 Å². The van der Waals surface area contributed by atoms with Crippen LogP contribution in [0, 0.1) is 16.7 Å². The summed E-state index contributed by atoms with van der Waals surface area (Å²) in [6.45, 7) is 5.40. The van der Waals surface area contributed by atoms with Gasteiger partial charge in [-0.1, -0.05) is 19.8 Å². The van der Waals surface area contributed by atoms with Crippen LogP contribution in [0.25, 0.3) is 0 Å². The standard InChI is InChI=1S/C10H15BrN2O2/c1-7(2)9(13-8(3)14)10(15)12-6-4-5-11/h7,9H,6H2,1-3H3,(H,12,15)(H,13,14)/t9-/m1/s1. The quantitative estimate of drug-likeness (QED) is 0.739. The lowest BCUT2D eigenvalue weighted by Gasteiger charge is -2.20. The molecular weight excluding hydrogens is 260 g/mol. The van der Waals surface area contributed by atoms with Gasteiger partial charge in [-0.15, -0.1) is 0 Å². The number of hydrogen-bond donors (Lipinski definition) is 2. The molecule has 0 aliphatic rings. The third-order valence-corrected chi connectivity index (χ3v) is 2.01. The summed E-state index contributed by atoms with van der Waals surface area (Å²) < 4.78 is 0. The second-order valence-electron chi connectivity index (χ2n) is 3.41. The number of rotatable bonds is 4. The Morgan fingerprint density at radius 2 is 2.00 bits per heavy atom. The molecule has 0 aliphatic heterocycles. The molecule has 15 heavy (non-hydrogen) atoms. The zero-order valence-electron chi connectivity index (χ0n) is 9.06. The molecule has 0 heterocycles. The first-order valence-corrected chi connectivity index (χ1v) is 5.41. The molecule has 0 aromatic carbocycles. The predicted octanol–water partition coefficient (Wildman–Crippen LogP) is 0.619. The molecule has 0 rings (SSSR count). The summed E-state index contributed by atoms with van der Waals surface area (Å²) in [5.41, 5.74) is 0. The molecule has 0 aromatic heterocycles. The summed E-state index contributed by atoms with van der Waals surface area (Å²) in [7, 11) is 0. The maximum absolute atomic E-state index is 11.6. The Balaban J connectivity index is 4.27. The van der Waals surface area contributed by atoms with Gasteiger partial charge in [-0.2, -0.15) is 0 Å². The van der Waals surface area contributed by atoms with Crippen molar-refractivity contribution in [1.29, 1.82) is 0 Å². The average molecular weight is 275 g/mol. The Morgan fingerprint density at radius 3 is 2.40 bits per heavy atom. The van der Waals surface area contributed by atoms with Crippen molar-refractivity contribution in [1.82, 2.24) is 10.6 Å². The number of hydrogen-bond acceptors (Lipinski definition) is 2. The van der Waals surface area contributed by atoms with Crippen molar-refractivity contribution < 1.29 is 9.59 Å². The maximum Gasteiger partial charge on any atom is 0.243 e. The zero-order chi connectivity index (χ0) is 11.8. The second kappa shape index (κ2) is 7.30. The van der Waals surface area contributed by atoms with Gasteiger partial charge in [0.2, 0.25) is 11.8 Å². The first-order valence-electron chi connectivity index (χ1n) is 4.62. The topological polar surface area (TPSA) is 58.2 Å². The molecular formula is C10H15BrN2O2. The highest BCUT2D eigenvalue weighted by Crippen LogP contribution is 2.01. The van der Waals surface area contributed by atoms with Crippen LogP contribution >= 0.6 is 15.9 Å². The minimum Gasteiger partial charge on any atom is -0.344 e. The lowest BCUT2D eigenvalue weighted by atomic mass is 10.0. The highest BCUT2D eigenvalue weighted by molar-refractivity contribution is 9.12. The van der Waals surface area contributed by atoms with Crippen molar-refractivity contribution in [2.45, 2.75) is 26.8 Å². The fourth-order valence-electron chi connectivity index (χ4n) is 1.03. The fourth-order valence-corrected chi connectivity index (χ4v) is 1.17. The van der Waals surface area contributed by atoms with E-state index in [0.717, 1.165) is 0 Å². The van der Waals surface area contributed by atoms with Crippen LogP contribution < -0.4 is 10.6 Å². The van der Waals surface area contributed by atoms with Crippen molar-refractivity contribution in [3.8, 4) is 10.8 Å². The molecule has 0 radical (unpaired) electrons. The monoisotopic (exact) mass is 274 g/mol. The van der Waals surface area contributed by atoms with Gasteiger partial charge in [0.1, 0.15) is 6.04 Å². The van der Waals surface area contributed by atoms with Gasteiger partial charge in [0.25, 0.3) is 0 Å². The lowest BCUT2D eigenvalue weighted by Crippen LogP contribution is -2.49. The molecule has 0 aromatic rings. The van der Waals surface area contributed by atoms with Gasteiger partial charge in [0, 0.05) is 22.9 Å². The SMILES string of the molecule is CC(=O)N[C@@H](C(=O)NCC#CBr)C(C)C. The summed E-state index contributed by atoms with van der Waals surface area (Å²) >= 11 is 2.92. The van der Waals surface area contributed by atoms with Gasteiger partial charge < -0.3 is 10.6 Å². The van der Waals surface area contributed by atoms with E-state index in [0.29, 0.717) is 0 Å². The molecule has 0 saturated carbocycles. The van der Waals surface area contributed by atoms with E-state index in [1.807, 2.05) is 13.8 Å². The van der Waals surface area contributed by atoms with Crippen LogP contribution in [0.3, 0.4) is 0 Å². The van der Waals surface area contributed by atoms with Crippen molar-refractivity contribution in [2.24, 2.45) is 5.92 Å². The molecule has 0 spiro atoms. The molecule has 2 N–H and O–H groups in total. The maximum atomic E-state index is 11.6. The van der Waals surface area contributed by atoms with E-state index in [4.69, 9.17) is 0 Å². The lowest BCUT2D eigenvalue weighted by molar-refractivity contribution is -0.129. The van der Waals surface area contributed by atoms with Gasteiger partial charge in [0.05, 0.1) is 6.54 Å². The predicted molar refractivity (Wildman–Crippen MR) is 62.2 cm³/mol. The molecule has 1 atom stereocenters. The largest absolute Gasteiger partial charge is 0.344 e. The molecule has 0 bridgehead atoms. The number of amides is 2. The number of carbonyl (C=O) groups is 2. The molecule has 0 saturated heterocycles. The van der Waals surface area contributed by atoms with Crippen LogP contribution in [0.1, 0.15) is 20.8 Å². The normalized spacial score (nSPS) is 11.3. The highest BCUT2D eigenvalue weighted by Gasteiger charge is 2.21. The highest BCUT2D eigenvalue weighted by atomic mass is 79.9. The Morgan fingerprint density at radius 1 is 1.40 bits per heavy atom. The number of carbonyl (C=O) groups excluding carboxylic acids is 2. The summed E-state index contributed by atoms with van der Waals surface area (Å²) in [5, 5.41) is 5.21. The Labute approximate surface area is 98.3 Å². The molecule has 0 fully saturated rings. The van der Waals surface area contributed by atoms with Crippen molar-refractivity contribution in [2.75, 3.05) is 6.54 Å². The van der Waals surface area contributed by atoms with Gasteiger partial charge in [0.15, 0.2) is 0 Å². The van der Waals surface area contributed by atoms with Crippen molar-refractivity contribution in [3.05, 3.63) is 0 Å². The number of halogens is 1. The molecule has 4 nitrogen and oxygen atoms in total. The van der Waals surface area contributed by atoms with E-state index in [1.165, 1.54) is 6.92 Å².